The molecule has 0 aromatic heterocycles. The zero-order valence-corrected chi connectivity index (χ0v) is 10.2. The Bertz CT molecular complexity index is 385. The second-order valence-corrected chi connectivity index (χ2v) is 3.80. The third-order valence-corrected chi connectivity index (χ3v) is 2.55. The average molecular weight is 293 g/mol. The van der Waals surface area contributed by atoms with Crippen molar-refractivity contribution in [3.63, 3.8) is 0 Å². The van der Waals surface area contributed by atoms with E-state index in [0.717, 1.165) is 13.2 Å². The molecular weight excluding hydrogens is 283 g/mol. The lowest BCUT2D eigenvalue weighted by Crippen LogP contribution is -2.13. The normalized spacial score (nSPS) is 12.1. The van der Waals surface area contributed by atoms with Gasteiger partial charge in [-0.25, -0.2) is 9.18 Å². The first kappa shape index (κ1) is 12.9. The molecule has 0 saturated heterocycles. The maximum Gasteiger partial charge on any atom is 0.339 e. The first-order valence-electron chi connectivity index (χ1n) is 4.30. The van der Waals surface area contributed by atoms with Crippen LogP contribution >= 0.6 is 15.9 Å². The highest BCUT2D eigenvalue weighted by Gasteiger charge is 2.21. The van der Waals surface area contributed by atoms with Crippen LogP contribution in [0.1, 0.15) is 11.7 Å². The number of halogens is 2. The van der Waals surface area contributed by atoms with Crippen molar-refractivity contribution in [3.05, 3.63) is 28.0 Å². The number of carbonyl (C=O) groups is 1. The van der Waals surface area contributed by atoms with Gasteiger partial charge in [-0.05, 0) is 33.6 Å². The highest BCUT2D eigenvalue weighted by atomic mass is 79.9. The van der Waals surface area contributed by atoms with Gasteiger partial charge in [-0.15, -0.1) is 0 Å². The monoisotopic (exact) mass is 292 g/mol. The number of esters is 1. The van der Waals surface area contributed by atoms with E-state index in [1.165, 1.54) is 13.2 Å². The van der Waals surface area contributed by atoms with Gasteiger partial charge in [0.1, 0.15) is 0 Å². The van der Waals surface area contributed by atoms with Crippen molar-refractivity contribution in [2.24, 2.45) is 0 Å². The lowest BCUT2D eigenvalue weighted by molar-refractivity contribution is -0.150. The zero-order chi connectivity index (χ0) is 12.3. The summed E-state index contributed by atoms with van der Waals surface area (Å²) in [7, 11) is 2.46. The van der Waals surface area contributed by atoms with Gasteiger partial charge in [0, 0.05) is 0 Å². The van der Waals surface area contributed by atoms with Gasteiger partial charge >= 0.3 is 5.97 Å². The number of hydrogen-bond donors (Lipinski definition) is 1. The number of aliphatic hydroxyl groups excluding tert-OH is 1. The number of hydrogen-bond acceptors (Lipinski definition) is 4. The van der Waals surface area contributed by atoms with Gasteiger partial charge in [-0.3, -0.25) is 0 Å². The van der Waals surface area contributed by atoms with Crippen molar-refractivity contribution in [2.45, 2.75) is 6.10 Å². The van der Waals surface area contributed by atoms with Crippen LogP contribution in [0.4, 0.5) is 4.39 Å². The summed E-state index contributed by atoms with van der Waals surface area (Å²) in [6.07, 6.45) is -1.51. The van der Waals surface area contributed by atoms with E-state index in [1.807, 2.05) is 0 Å². The summed E-state index contributed by atoms with van der Waals surface area (Å²) >= 11 is 3.07. The fourth-order valence-corrected chi connectivity index (χ4v) is 1.80. The summed E-state index contributed by atoms with van der Waals surface area (Å²) in [5.41, 5.74) is 0.0945. The highest BCUT2D eigenvalue weighted by Crippen LogP contribution is 2.31. The molecule has 1 aromatic carbocycles. The minimum atomic E-state index is -1.51. The Morgan fingerprint density at radius 3 is 2.56 bits per heavy atom. The van der Waals surface area contributed by atoms with Crippen molar-refractivity contribution in [2.75, 3.05) is 14.2 Å². The molecule has 6 heteroatoms. The van der Waals surface area contributed by atoms with E-state index >= 15 is 0 Å². The molecule has 0 heterocycles. The molecule has 1 rings (SSSR count). The Labute approximate surface area is 100 Å². The predicted octanol–water partition coefficient (Wildman–Crippen LogP) is 1.80. The molecule has 0 aliphatic carbocycles. The van der Waals surface area contributed by atoms with E-state index in [4.69, 9.17) is 4.74 Å². The van der Waals surface area contributed by atoms with Crippen molar-refractivity contribution in [1.82, 2.24) is 0 Å². The number of benzene rings is 1. The van der Waals surface area contributed by atoms with Gasteiger partial charge in [-0.1, -0.05) is 0 Å². The molecule has 1 unspecified atom stereocenters. The first-order chi connectivity index (χ1) is 7.51. The molecule has 1 aromatic rings. The molecule has 0 spiro atoms. The molecule has 1 N–H and O–H groups in total. The van der Waals surface area contributed by atoms with Crippen LogP contribution in [-0.4, -0.2) is 25.3 Å². The van der Waals surface area contributed by atoms with Crippen LogP contribution in [0.15, 0.2) is 16.6 Å². The van der Waals surface area contributed by atoms with E-state index in [9.17, 15) is 14.3 Å². The molecule has 88 valence electrons. The van der Waals surface area contributed by atoms with Crippen LogP contribution in [0.5, 0.6) is 5.75 Å². The molecule has 0 aliphatic heterocycles. The van der Waals surface area contributed by atoms with Gasteiger partial charge < -0.3 is 14.6 Å². The molecule has 1 atom stereocenters. The molecule has 0 amide bonds. The minimum Gasteiger partial charge on any atom is -0.492 e. The smallest absolute Gasteiger partial charge is 0.339 e. The lowest BCUT2D eigenvalue weighted by atomic mass is 10.1. The van der Waals surface area contributed by atoms with E-state index in [0.29, 0.717) is 4.47 Å². The fraction of sp³-hybridized carbons (Fsp3) is 0.300. The fourth-order valence-electron chi connectivity index (χ4n) is 1.18. The summed E-state index contributed by atoms with van der Waals surface area (Å²) in [6, 6.07) is 2.41. The Morgan fingerprint density at radius 1 is 1.50 bits per heavy atom. The van der Waals surface area contributed by atoms with Gasteiger partial charge in [0.2, 0.25) is 0 Å². The van der Waals surface area contributed by atoms with E-state index in [1.54, 1.807) is 0 Å². The van der Waals surface area contributed by atoms with Gasteiger partial charge in [0.05, 0.1) is 18.7 Å². The molecule has 4 nitrogen and oxygen atoms in total. The second kappa shape index (κ2) is 5.27. The number of carbonyl (C=O) groups excluding carboxylic acids is 1. The van der Waals surface area contributed by atoms with Crippen molar-refractivity contribution in [1.29, 1.82) is 0 Å². The SMILES string of the molecule is COC(=O)C(O)c1cc(F)c(OC)c(Br)c1. The van der Waals surface area contributed by atoms with Crippen LogP contribution in [0.25, 0.3) is 0 Å². The third kappa shape index (κ3) is 2.51. The highest BCUT2D eigenvalue weighted by molar-refractivity contribution is 9.10. The number of rotatable bonds is 3. The predicted molar refractivity (Wildman–Crippen MR) is 57.6 cm³/mol. The minimum absolute atomic E-state index is 0.0146. The number of aliphatic hydroxyl groups is 1. The van der Waals surface area contributed by atoms with Gasteiger partial charge in [-0.2, -0.15) is 0 Å². The molecule has 0 bridgehead atoms. The summed E-state index contributed by atoms with van der Waals surface area (Å²) in [5, 5.41) is 9.50. The Balaban J connectivity index is 3.13. The quantitative estimate of drug-likeness (QED) is 0.863. The van der Waals surface area contributed by atoms with Gasteiger partial charge in [0.15, 0.2) is 17.7 Å². The summed E-state index contributed by atoms with van der Waals surface area (Å²) in [6.45, 7) is 0. The van der Waals surface area contributed by atoms with Crippen LogP contribution in [0.2, 0.25) is 0 Å². The second-order valence-electron chi connectivity index (χ2n) is 2.94. The van der Waals surface area contributed by atoms with Crippen LogP contribution < -0.4 is 4.74 Å². The van der Waals surface area contributed by atoms with E-state index < -0.39 is 17.9 Å². The standard InChI is InChI=1S/C10H10BrFO4/c1-15-9-6(11)3-5(4-7(9)12)8(13)10(14)16-2/h3-4,8,13H,1-2H3. The Kier molecular flexibility index (Phi) is 4.26. The van der Waals surface area contributed by atoms with E-state index in [2.05, 4.69) is 20.7 Å². The van der Waals surface area contributed by atoms with Crippen LogP contribution in [0, 0.1) is 5.82 Å². The largest absolute Gasteiger partial charge is 0.492 e. The first-order valence-corrected chi connectivity index (χ1v) is 5.09. The van der Waals surface area contributed by atoms with Crippen LogP contribution in [-0.2, 0) is 9.53 Å². The van der Waals surface area contributed by atoms with E-state index in [-0.39, 0.29) is 11.3 Å². The van der Waals surface area contributed by atoms with Crippen LogP contribution in [0.3, 0.4) is 0 Å². The average Bonchev–Trinajstić information content (AvgIpc) is 2.26. The molecule has 16 heavy (non-hydrogen) atoms. The molecule has 0 fully saturated rings. The maximum absolute atomic E-state index is 13.4. The molecule has 0 radical (unpaired) electrons. The topological polar surface area (TPSA) is 55.8 Å². The summed E-state index contributed by atoms with van der Waals surface area (Å²) in [4.78, 5) is 11.0. The maximum atomic E-state index is 13.4. The van der Waals surface area contributed by atoms with Crippen molar-refractivity contribution >= 4 is 21.9 Å². The summed E-state index contributed by atoms with van der Waals surface area (Å²) < 4.78 is 22.9. The lowest BCUT2D eigenvalue weighted by Gasteiger charge is -2.11. The third-order valence-electron chi connectivity index (χ3n) is 1.96. The molecule has 0 aliphatic rings. The summed E-state index contributed by atoms with van der Waals surface area (Å²) in [5.74, 6) is -1.51. The number of methoxy groups -OCH3 is 2. The van der Waals surface area contributed by atoms with Gasteiger partial charge in [0.25, 0.3) is 0 Å². The number of ether oxygens (including phenoxy) is 2. The Hall–Kier alpha value is -1.14. The molecular formula is C10H10BrFO4. The Morgan fingerprint density at radius 2 is 2.12 bits per heavy atom. The zero-order valence-electron chi connectivity index (χ0n) is 8.66. The molecule has 0 saturated carbocycles. The van der Waals surface area contributed by atoms with Crippen molar-refractivity contribution in [3.8, 4) is 5.75 Å². The van der Waals surface area contributed by atoms with Crippen molar-refractivity contribution < 1.29 is 23.8 Å².